The standard InChI is InChI=1S/C30H38FN5O3/c1-30(2,3)23-9-7-22(8-10-23)28(37)32-18-21-6-5-15-36(20-21)27-26(31)19-33-29(35-27)34-24-11-13-25(14-12-24)39-17-16-38-4/h7-14,19,21H,5-6,15-18,20H2,1-4H3,(H,32,37)(H,33,34,35). The molecular weight excluding hydrogens is 497 g/mol. The lowest BCUT2D eigenvalue weighted by Crippen LogP contribution is -2.41. The Bertz CT molecular complexity index is 1230. The summed E-state index contributed by atoms with van der Waals surface area (Å²) in [6.45, 7) is 9.25. The largest absolute Gasteiger partial charge is 0.491 e. The molecule has 0 spiro atoms. The maximum absolute atomic E-state index is 14.8. The molecular formula is C30H38FN5O3. The first-order chi connectivity index (χ1) is 18.7. The van der Waals surface area contributed by atoms with Crippen LogP contribution in [-0.4, -0.2) is 55.8 Å². The predicted molar refractivity (Wildman–Crippen MR) is 151 cm³/mol. The van der Waals surface area contributed by atoms with E-state index in [-0.39, 0.29) is 23.1 Å². The molecule has 2 aromatic carbocycles. The van der Waals surface area contributed by atoms with Crippen molar-refractivity contribution in [3.63, 3.8) is 0 Å². The molecule has 1 saturated heterocycles. The van der Waals surface area contributed by atoms with E-state index in [0.29, 0.717) is 44.4 Å². The smallest absolute Gasteiger partial charge is 0.251 e. The van der Waals surface area contributed by atoms with Gasteiger partial charge in [-0.05, 0) is 66.1 Å². The molecule has 9 heteroatoms. The molecule has 1 unspecified atom stereocenters. The van der Waals surface area contributed by atoms with Crippen LogP contribution in [0.15, 0.2) is 54.7 Å². The van der Waals surface area contributed by atoms with Crippen LogP contribution >= 0.6 is 0 Å². The van der Waals surface area contributed by atoms with E-state index in [1.807, 2.05) is 53.4 Å². The van der Waals surface area contributed by atoms with E-state index in [0.717, 1.165) is 24.3 Å². The van der Waals surface area contributed by atoms with Crippen LogP contribution in [0.3, 0.4) is 0 Å². The van der Waals surface area contributed by atoms with Gasteiger partial charge >= 0.3 is 0 Å². The molecule has 3 aromatic rings. The summed E-state index contributed by atoms with van der Waals surface area (Å²) in [6.07, 6.45) is 3.04. The monoisotopic (exact) mass is 535 g/mol. The minimum atomic E-state index is -0.467. The van der Waals surface area contributed by atoms with Crippen LogP contribution in [0.1, 0.15) is 49.5 Å². The molecule has 4 rings (SSSR count). The Hall–Kier alpha value is -3.72. The molecule has 1 amide bonds. The van der Waals surface area contributed by atoms with Crippen LogP contribution in [0.4, 0.5) is 21.8 Å². The number of hydrogen-bond acceptors (Lipinski definition) is 7. The molecule has 1 fully saturated rings. The van der Waals surface area contributed by atoms with Crippen LogP contribution in [-0.2, 0) is 10.2 Å². The van der Waals surface area contributed by atoms with Gasteiger partial charge in [0.25, 0.3) is 5.91 Å². The van der Waals surface area contributed by atoms with E-state index in [4.69, 9.17) is 9.47 Å². The van der Waals surface area contributed by atoms with Crippen molar-refractivity contribution in [1.29, 1.82) is 0 Å². The van der Waals surface area contributed by atoms with Crippen LogP contribution in [0, 0.1) is 11.7 Å². The van der Waals surface area contributed by atoms with Crippen molar-refractivity contribution in [3.8, 4) is 5.75 Å². The number of ether oxygens (including phenoxy) is 2. The van der Waals surface area contributed by atoms with Crippen LogP contribution in [0.5, 0.6) is 5.75 Å². The molecule has 0 aliphatic carbocycles. The maximum Gasteiger partial charge on any atom is 0.251 e. The quantitative estimate of drug-likeness (QED) is 0.339. The van der Waals surface area contributed by atoms with Gasteiger partial charge in [0.1, 0.15) is 12.4 Å². The molecule has 8 nitrogen and oxygen atoms in total. The lowest BCUT2D eigenvalue weighted by atomic mass is 9.86. The topological polar surface area (TPSA) is 88.6 Å². The molecule has 2 heterocycles. The summed E-state index contributed by atoms with van der Waals surface area (Å²) >= 11 is 0. The molecule has 2 N–H and O–H groups in total. The number of piperidine rings is 1. The fourth-order valence-electron chi connectivity index (χ4n) is 4.53. The average molecular weight is 536 g/mol. The molecule has 0 bridgehead atoms. The summed E-state index contributed by atoms with van der Waals surface area (Å²) in [5, 5.41) is 6.19. The lowest BCUT2D eigenvalue weighted by molar-refractivity contribution is 0.0945. The fraction of sp³-hybridized carbons (Fsp3) is 0.433. The van der Waals surface area contributed by atoms with Crippen molar-refractivity contribution in [2.24, 2.45) is 5.92 Å². The number of anilines is 3. The fourth-order valence-corrected chi connectivity index (χ4v) is 4.53. The van der Waals surface area contributed by atoms with Gasteiger partial charge in [-0.2, -0.15) is 4.98 Å². The van der Waals surface area contributed by atoms with E-state index in [1.54, 1.807) is 7.11 Å². The molecule has 1 aliphatic heterocycles. The van der Waals surface area contributed by atoms with Crippen LogP contribution in [0.2, 0.25) is 0 Å². The number of benzene rings is 2. The first kappa shape index (κ1) is 28.3. The number of carbonyl (C=O) groups is 1. The molecule has 1 aliphatic rings. The van der Waals surface area contributed by atoms with Gasteiger partial charge in [-0.25, -0.2) is 9.37 Å². The van der Waals surface area contributed by atoms with Gasteiger partial charge < -0.3 is 25.0 Å². The lowest BCUT2D eigenvalue weighted by Gasteiger charge is -2.33. The molecule has 208 valence electrons. The summed E-state index contributed by atoms with van der Waals surface area (Å²) < 4.78 is 25.4. The van der Waals surface area contributed by atoms with Gasteiger partial charge in [0.05, 0.1) is 12.8 Å². The number of amides is 1. The number of rotatable bonds is 10. The third-order valence-corrected chi connectivity index (χ3v) is 6.78. The van der Waals surface area contributed by atoms with Crippen molar-refractivity contribution < 1.29 is 18.7 Å². The molecule has 1 aromatic heterocycles. The second kappa shape index (κ2) is 12.9. The number of carbonyl (C=O) groups excluding carboxylic acids is 1. The van der Waals surface area contributed by atoms with Crippen molar-refractivity contribution in [2.45, 2.75) is 39.0 Å². The van der Waals surface area contributed by atoms with E-state index in [2.05, 4.69) is 41.4 Å². The Kier molecular flexibility index (Phi) is 9.35. The van der Waals surface area contributed by atoms with Gasteiger partial charge in [0.15, 0.2) is 11.6 Å². The Balaban J connectivity index is 1.34. The van der Waals surface area contributed by atoms with Crippen LogP contribution < -0.4 is 20.3 Å². The molecule has 0 radical (unpaired) electrons. The minimum Gasteiger partial charge on any atom is -0.491 e. The number of methoxy groups -OCH3 is 1. The predicted octanol–water partition coefficient (Wildman–Crippen LogP) is 5.33. The Morgan fingerprint density at radius 1 is 1.10 bits per heavy atom. The third-order valence-electron chi connectivity index (χ3n) is 6.78. The summed E-state index contributed by atoms with van der Waals surface area (Å²) in [5.41, 5.74) is 2.63. The first-order valence-corrected chi connectivity index (χ1v) is 13.4. The molecule has 39 heavy (non-hydrogen) atoms. The Morgan fingerprint density at radius 3 is 2.54 bits per heavy atom. The van der Waals surface area contributed by atoms with Gasteiger partial charge in [0.2, 0.25) is 5.95 Å². The zero-order chi connectivity index (χ0) is 27.8. The van der Waals surface area contributed by atoms with Crippen molar-refractivity contribution >= 4 is 23.4 Å². The van der Waals surface area contributed by atoms with Gasteiger partial charge in [-0.1, -0.05) is 32.9 Å². The maximum atomic E-state index is 14.8. The molecule has 0 saturated carbocycles. The van der Waals surface area contributed by atoms with E-state index < -0.39 is 5.82 Å². The van der Waals surface area contributed by atoms with Crippen molar-refractivity contribution in [2.75, 3.05) is 50.2 Å². The van der Waals surface area contributed by atoms with Crippen LogP contribution in [0.25, 0.3) is 0 Å². The SMILES string of the molecule is COCCOc1ccc(Nc2ncc(F)c(N3CCCC(CNC(=O)c4ccc(C(C)(C)C)cc4)C3)n2)cc1. The van der Waals surface area contributed by atoms with Crippen molar-refractivity contribution in [3.05, 3.63) is 71.7 Å². The third kappa shape index (κ3) is 7.89. The summed E-state index contributed by atoms with van der Waals surface area (Å²) in [6, 6.07) is 15.1. The summed E-state index contributed by atoms with van der Waals surface area (Å²) in [4.78, 5) is 23.3. The van der Waals surface area contributed by atoms with Gasteiger partial charge in [-0.15, -0.1) is 0 Å². The Morgan fingerprint density at radius 2 is 1.85 bits per heavy atom. The highest BCUT2D eigenvalue weighted by molar-refractivity contribution is 5.94. The average Bonchev–Trinajstić information content (AvgIpc) is 2.93. The van der Waals surface area contributed by atoms with E-state index >= 15 is 0 Å². The number of nitrogens with zero attached hydrogens (tertiary/aromatic N) is 3. The normalized spacial score (nSPS) is 15.6. The number of nitrogens with one attached hydrogen (secondary N) is 2. The number of halogens is 1. The Labute approximate surface area is 230 Å². The van der Waals surface area contributed by atoms with Gasteiger partial charge in [0, 0.05) is 38.0 Å². The van der Waals surface area contributed by atoms with E-state index in [9.17, 15) is 9.18 Å². The number of aromatic nitrogens is 2. The highest BCUT2D eigenvalue weighted by Gasteiger charge is 2.24. The zero-order valence-electron chi connectivity index (χ0n) is 23.2. The first-order valence-electron chi connectivity index (χ1n) is 13.4. The molecule has 1 atom stereocenters. The van der Waals surface area contributed by atoms with Crippen molar-refractivity contribution in [1.82, 2.24) is 15.3 Å². The zero-order valence-corrected chi connectivity index (χ0v) is 23.2. The second-order valence-electron chi connectivity index (χ2n) is 10.8. The van der Waals surface area contributed by atoms with E-state index in [1.165, 1.54) is 11.8 Å². The number of hydrogen-bond donors (Lipinski definition) is 2. The highest BCUT2D eigenvalue weighted by Crippen LogP contribution is 2.26. The second-order valence-corrected chi connectivity index (χ2v) is 10.8. The summed E-state index contributed by atoms with van der Waals surface area (Å²) in [7, 11) is 1.63. The minimum absolute atomic E-state index is 0.0376. The van der Waals surface area contributed by atoms with Gasteiger partial charge in [-0.3, -0.25) is 4.79 Å². The highest BCUT2D eigenvalue weighted by atomic mass is 19.1. The summed E-state index contributed by atoms with van der Waals surface area (Å²) in [5.74, 6) is 0.933.